The molecule has 0 saturated heterocycles. The van der Waals surface area contributed by atoms with Crippen molar-refractivity contribution in [2.24, 2.45) is 5.73 Å². The number of rotatable bonds is 2. The Morgan fingerprint density at radius 2 is 2.43 bits per heavy atom. The number of hydrogen-bond donors (Lipinski definition) is 2. The van der Waals surface area contributed by atoms with Gasteiger partial charge in [0.05, 0.1) is 5.69 Å². The summed E-state index contributed by atoms with van der Waals surface area (Å²) in [6.45, 7) is 0.430. The van der Waals surface area contributed by atoms with Gasteiger partial charge in [0.25, 0.3) is 0 Å². The number of nitrogens with zero attached hydrogens (tertiary/aromatic N) is 1. The fourth-order valence-corrected chi connectivity index (χ4v) is 1.94. The molecule has 0 aromatic carbocycles. The van der Waals surface area contributed by atoms with Gasteiger partial charge in [-0.2, -0.15) is 0 Å². The van der Waals surface area contributed by atoms with Crippen LogP contribution in [0.15, 0.2) is 28.5 Å². The van der Waals surface area contributed by atoms with Gasteiger partial charge in [0, 0.05) is 29.8 Å². The third-order valence-electron chi connectivity index (χ3n) is 1.78. The van der Waals surface area contributed by atoms with Crippen molar-refractivity contribution in [2.45, 2.75) is 6.54 Å². The first-order valence-corrected chi connectivity index (χ1v) is 5.01. The highest BCUT2D eigenvalue weighted by molar-refractivity contribution is 7.13. The summed E-state index contributed by atoms with van der Waals surface area (Å²) in [6.07, 6.45) is 1.61. The van der Waals surface area contributed by atoms with Crippen molar-refractivity contribution in [1.29, 1.82) is 0 Å². The fraction of sp³-hybridized carbons (Fsp3) is 0.111. The molecule has 2 aromatic heterocycles. The minimum atomic E-state index is -0.119. The fourth-order valence-electron chi connectivity index (χ4n) is 1.11. The summed E-state index contributed by atoms with van der Waals surface area (Å²) in [5.74, 6) is 0. The molecule has 72 valence electrons. The lowest BCUT2D eigenvalue weighted by Gasteiger charge is -1.92. The molecule has 0 aliphatic rings. The van der Waals surface area contributed by atoms with Crippen molar-refractivity contribution >= 4 is 11.3 Å². The van der Waals surface area contributed by atoms with E-state index >= 15 is 0 Å². The van der Waals surface area contributed by atoms with Gasteiger partial charge in [0.1, 0.15) is 5.01 Å². The summed E-state index contributed by atoms with van der Waals surface area (Å²) in [4.78, 5) is 17.9. The molecule has 0 aliphatic heterocycles. The van der Waals surface area contributed by atoms with E-state index in [1.807, 2.05) is 11.4 Å². The summed E-state index contributed by atoms with van der Waals surface area (Å²) in [5, 5.41) is 2.73. The van der Waals surface area contributed by atoms with Crippen molar-refractivity contribution < 1.29 is 0 Å². The second-order valence-electron chi connectivity index (χ2n) is 2.79. The second kappa shape index (κ2) is 3.73. The van der Waals surface area contributed by atoms with Crippen molar-refractivity contribution in [3.05, 3.63) is 39.8 Å². The molecule has 0 radical (unpaired) electrons. The molecule has 3 N–H and O–H groups in total. The van der Waals surface area contributed by atoms with Crippen LogP contribution in [0.1, 0.15) is 5.69 Å². The molecule has 0 spiro atoms. The lowest BCUT2D eigenvalue weighted by atomic mass is 10.3. The van der Waals surface area contributed by atoms with Gasteiger partial charge in [-0.05, 0) is 6.07 Å². The van der Waals surface area contributed by atoms with E-state index in [1.54, 1.807) is 6.20 Å². The van der Waals surface area contributed by atoms with Crippen LogP contribution < -0.4 is 11.3 Å². The van der Waals surface area contributed by atoms with Crippen LogP contribution in [0.2, 0.25) is 0 Å². The Balaban J connectivity index is 2.44. The van der Waals surface area contributed by atoms with Crippen LogP contribution in [0.3, 0.4) is 0 Å². The standard InChI is InChI=1S/C9H9N3OS/c10-4-7-5-14-9(12-7)6-1-2-11-8(13)3-6/h1-3,5H,4,10H2,(H,11,13). The smallest absolute Gasteiger partial charge is 0.248 e. The lowest BCUT2D eigenvalue weighted by molar-refractivity contribution is 1.01. The van der Waals surface area contributed by atoms with E-state index in [0.717, 1.165) is 16.3 Å². The molecule has 14 heavy (non-hydrogen) atoms. The molecule has 0 atom stereocenters. The zero-order chi connectivity index (χ0) is 9.97. The molecule has 2 heterocycles. The number of pyridine rings is 1. The van der Waals surface area contributed by atoms with E-state index in [1.165, 1.54) is 17.4 Å². The zero-order valence-corrected chi connectivity index (χ0v) is 8.17. The molecule has 0 bridgehead atoms. The summed E-state index contributed by atoms with van der Waals surface area (Å²) >= 11 is 1.49. The summed E-state index contributed by atoms with van der Waals surface area (Å²) in [5.41, 5.74) is 7.01. The maximum Gasteiger partial charge on any atom is 0.248 e. The van der Waals surface area contributed by atoms with Crippen molar-refractivity contribution in [1.82, 2.24) is 9.97 Å². The molecular formula is C9H9N3OS. The monoisotopic (exact) mass is 207 g/mol. The van der Waals surface area contributed by atoms with Gasteiger partial charge >= 0.3 is 0 Å². The Morgan fingerprint density at radius 3 is 3.07 bits per heavy atom. The first-order chi connectivity index (χ1) is 6.79. The third kappa shape index (κ3) is 1.73. The molecule has 0 amide bonds. The van der Waals surface area contributed by atoms with Crippen LogP contribution in [0.4, 0.5) is 0 Å². The van der Waals surface area contributed by atoms with E-state index in [9.17, 15) is 4.79 Å². The highest BCUT2D eigenvalue weighted by Crippen LogP contribution is 2.21. The Morgan fingerprint density at radius 1 is 1.57 bits per heavy atom. The number of aromatic nitrogens is 2. The molecule has 4 nitrogen and oxygen atoms in total. The van der Waals surface area contributed by atoms with Crippen LogP contribution in [-0.2, 0) is 6.54 Å². The molecule has 0 fully saturated rings. The van der Waals surface area contributed by atoms with E-state index in [4.69, 9.17) is 5.73 Å². The molecule has 0 saturated carbocycles. The number of aromatic amines is 1. The van der Waals surface area contributed by atoms with Crippen LogP contribution >= 0.6 is 11.3 Å². The summed E-state index contributed by atoms with van der Waals surface area (Å²) in [7, 11) is 0. The van der Waals surface area contributed by atoms with Crippen molar-refractivity contribution in [2.75, 3.05) is 0 Å². The van der Waals surface area contributed by atoms with Crippen molar-refractivity contribution in [3.63, 3.8) is 0 Å². The maximum atomic E-state index is 11.0. The predicted octanol–water partition coefficient (Wildman–Crippen LogP) is 0.957. The van der Waals surface area contributed by atoms with Gasteiger partial charge in [-0.15, -0.1) is 11.3 Å². The number of H-pyrrole nitrogens is 1. The van der Waals surface area contributed by atoms with Crippen molar-refractivity contribution in [3.8, 4) is 10.6 Å². The normalized spacial score (nSPS) is 10.4. The molecule has 2 rings (SSSR count). The van der Waals surface area contributed by atoms with Gasteiger partial charge in [-0.3, -0.25) is 4.79 Å². The van der Waals surface area contributed by atoms with E-state index in [-0.39, 0.29) is 5.56 Å². The summed E-state index contributed by atoms with van der Waals surface area (Å²) in [6, 6.07) is 3.35. The van der Waals surface area contributed by atoms with Crippen LogP contribution in [0.5, 0.6) is 0 Å². The maximum absolute atomic E-state index is 11.0. The van der Waals surface area contributed by atoms with Crippen LogP contribution in [-0.4, -0.2) is 9.97 Å². The van der Waals surface area contributed by atoms with E-state index in [0.29, 0.717) is 6.54 Å². The Labute approximate surface area is 84.4 Å². The Kier molecular flexibility index (Phi) is 2.43. The quantitative estimate of drug-likeness (QED) is 0.770. The third-order valence-corrected chi connectivity index (χ3v) is 2.72. The van der Waals surface area contributed by atoms with Gasteiger partial charge < -0.3 is 10.7 Å². The number of thiazole rings is 1. The number of hydrogen-bond acceptors (Lipinski definition) is 4. The van der Waals surface area contributed by atoms with E-state index < -0.39 is 0 Å². The molecule has 0 unspecified atom stereocenters. The Hall–Kier alpha value is -1.46. The van der Waals surface area contributed by atoms with Gasteiger partial charge in [0.2, 0.25) is 5.56 Å². The zero-order valence-electron chi connectivity index (χ0n) is 7.36. The minimum absolute atomic E-state index is 0.119. The first-order valence-electron chi connectivity index (χ1n) is 4.13. The molecular weight excluding hydrogens is 198 g/mol. The highest BCUT2D eigenvalue weighted by atomic mass is 32.1. The SMILES string of the molecule is NCc1csc(-c2cc[nH]c(=O)c2)n1. The van der Waals surface area contributed by atoms with Crippen LogP contribution in [0, 0.1) is 0 Å². The highest BCUT2D eigenvalue weighted by Gasteiger charge is 2.03. The predicted molar refractivity (Wildman–Crippen MR) is 56.1 cm³/mol. The van der Waals surface area contributed by atoms with E-state index in [2.05, 4.69) is 9.97 Å². The van der Waals surface area contributed by atoms with Crippen LogP contribution in [0.25, 0.3) is 10.6 Å². The van der Waals surface area contributed by atoms with Gasteiger partial charge in [-0.1, -0.05) is 0 Å². The molecule has 5 heteroatoms. The van der Waals surface area contributed by atoms with Gasteiger partial charge in [0.15, 0.2) is 0 Å². The van der Waals surface area contributed by atoms with Gasteiger partial charge in [-0.25, -0.2) is 4.98 Å². The minimum Gasteiger partial charge on any atom is -0.329 e. The number of nitrogens with two attached hydrogens (primary N) is 1. The topological polar surface area (TPSA) is 71.8 Å². The first kappa shape index (κ1) is 9.11. The molecule has 2 aromatic rings. The number of nitrogens with one attached hydrogen (secondary N) is 1. The average Bonchev–Trinajstić information content (AvgIpc) is 2.66. The molecule has 0 aliphatic carbocycles. The Bertz CT molecular complexity index is 489. The summed E-state index contributed by atoms with van der Waals surface area (Å²) < 4.78 is 0. The average molecular weight is 207 g/mol. The lowest BCUT2D eigenvalue weighted by Crippen LogP contribution is -2.02. The second-order valence-corrected chi connectivity index (χ2v) is 3.65. The largest absolute Gasteiger partial charge is 0.329 e.